The Kier molecular flexibility index (Phi) is 6.23. The Hall–Kier alpha value is -1.57. The van der Waals surface area contributed by atoms with E-state index in [1.807, 2.05) is 42.5 Å². The van der Waals surface area contributed by atoms with E-state index in [1.165, 1.54) is 5.57 Å². The maximum Gasteiger partial charge on any atom is 0.0651 e. The van der Waals surface area contributed by atoms with Crippen LogP contribution in [0.4, 0.5) is 0 Å². The van der Waals surface area contributed by atoms with Crippen molar-refractivity contribution in [1.29, 1.82) is 0 Å². The van der Waals surface area contributed by atoms with Crippen LogP contribution in [-0.2, 0) is 6.42 Å². The molecule has 2 rings (SSSR count). The first-order chi connectivity index (χ1) is 10.6. The normalized spacial score (nSPS) is 13.5. The van der Waals surface area contributed by atoms with Crippen molar-refractivity contribution in [3.8, 4) is 0 Å². The Balaban J connectivity index is 2.19. The number of halogens is 1. The van der Waals surface area contributed by atoms with Crippen LogP contribution in [0.3, 0.4) is 0 Å². The number of hydrogen-bond acceptors (Lipinski definition) is 1. The van der Waals surface area contributed by atoms with Crippen LogP contribution in [0.25, 0.3) is 0 Å². The van der Waals surface area contributed by atoms with Crippen molar-refractivity contribution in [2.24, 2.45) is 0 Å². The summed E-state index contributed by atoms with van der Waals surface area (Å²) in [5.74, 6) is 0.0763. The molecule has 2 aromatic rings. The third kappa shape index (κ3) is 5.01. The predicted octanol–water partition coefficient (Wildman–Crippen LogP) is 5.38. The molecule has 0 saturated carbocycles. The standard InChI is InChI=1S/C20H23ClO/c1-15(2)8-13-19(17-9-11-18(21)12-10-17)20(22)14-16-6-4-3-5-7-16/h3-12,19-20,22H,13-14H2,1-2H3/t19-,20-/m0/s1. The van der Waals surface area contributed by atoms with Gasteiger partial charge in [-0.1, -0.05) is 65.7 Å². The average Bonchev–Trinajstić information content (AvgIpc) is 2.50. The molecule has 0 heterocycles. The molecular weight excluding hydrogens is 292 g/mol. The summed E-state index contributed by atoms with van der Waals surface area (Å²) in [6.45, 7) is 4.17. The quantitative estimate of drug-likeness (QED) is 0.709. The van der Waals surface area contributed by atoms with Crippen LogP contribution in [-0.4, -0.2) is 11.2 Å². The van der Waals surface area contributed by atoms with E-state index in [0.717, 1.165) is 22.6 Å². The number of aliphatic hydroxyl groups excluding tert-OH is 1. The molecule has 2 atom stereocenters. The van der Waals surface area contributed by atoms with Crippen molar-refractivity contribution < 1.29 is 5.11 Å². The van der Waals surface area contributed by atoms with E-state index < -0.39 is 6.10 Å². The molecule has 1 N–H and O–H groups in total. The van der Waals surface area contributed by atoms with Crippen LogP contribution in [0.15, 0.2) is 66.2 Å². The van der Waals surface area contributed by atoms with Crippen LogP contribution < -0.4 is 0 Å². The Morgan fingerprint density at radius 3 is 2.27 bits per heavy atom. The van der Waals surface area contributed by atoms with Gasteiger partial charge in [0.2, 0.25) is 0 Å². The minimum Gasteiger partial charge on any atom is -0.392 e. The van der Waals surface area contributed by atoms with E-state index in [2.05, 4.69) is 32.1 Å². The lowest BCUT2D eigenvalue weighted by atomic mass is 9.86. The average molecular weight is 315 g/mol. The first-order valence-corrected chi connectivity index (χ1v) is 8.05. The number of benzene rings is 2. The van der Waals surface area contributed by atoms with Crippen molar-refractivity contribution in [2.45, 2.75) is 38.7 Å². The number of allylic oxidation sites excluding steroid dienone is 2. The molecular formula is C20H23ClO. The lowest BCUT2D eigenvalue weighted by molar-refractivity contribution is 0.143. The molecule has 0 radical (unpaired) electrons. The lowest BCUT2D eigenvalue weighted by Crippen LogP contribution is -2.21. The monoisotopic (exact) mass is 314 g/mol. The minimum absolute atomic E-state index is 0.0763. The van der Waals surface area contributed by atoms with E-state index in [1.54, 1.807) is 0 Å². The topological polar surface area (TPSA) is 20.2 Å². The van der Waals surface area contributed by atoms with Gasteiger partial charge in [-0.25, -0.2) is 0 Å². The second kappa shape index (κ2) is 8.17. The van der Waals surface area contributed by atoms with Crippen molar-refractivity contribution in [3.63, 3.8) is 0 Å². The van der Waals surface area contributed by atoms with Gasteiger partial charge in [-0.2, -0.15) is 0 Å². The summed E-state index contributed by atoms with van der Waals surface area (Å²) in [6.07, 6.45) is 3.26. The van der Waals surface area contributed by atoms with Crippen molar-refractivity contribution >= 4 is 11.6 Å². The molecule has 116 valence electrons. The fourth-order valence-corrected chi connectivity index (χ4v) is 2.71. The maximum atomic E-state index is 10.7. The van der Waals surface area contributed by atoms with Crippen LogP contribution >= 0.6 is 11.6 Å². The van der Waals surface area contributed by atoms with Crippen LogP contribution in [0.2, 0.25) is 5.02 Å². The van der Waals surface area contributed by atoms with Gasteiger partial charge in [0.25, 0.3) is 0 Å². The van der Waals surface area contributed by atoms with Crippen molar-refractivity contribution in [3.05, 3.63) is 82.4 Å². The summed E-state index contributed by atoms with van der Waals surface area (Å²) in [5, 5.41) is 11.5. The van der Waals surface area contributed by atoms with Crippen molar-refractivity contribution in [1.82, 2.24) is 0 Å². The molecule has 2 aromatic carbocycles. The second-order valence-electron chi connectivity index (χ2n) is 5.93. The highest BCUT2D eigenvalue weighted by atomic mass is 35.5. The zero-order valence-corrected chi connectivity index (χ0v) is 13.9. The predicted molar refractivity (Wildman–Crippen MR) is 94.4 cm³/mol. The van der Waals surface area contributed by atoms with Gasteiger partial charge in [0.1, 0.15) is 0 Å². The zero-order valence-electron chi connectivity index (χ0n) is 13.2. The fourth-order valence-electron chi connectivity index (χ4n) is 2.59. The van der Waals surface area contributed by atoms with Gasteiger partial charge in [-0.3, -0.25) is 0 Å². The van der Waals surface area contributed by atoms with Crippen LogP contribution in [0, 0.1) is 0 Å². The van der Waals surface area contributed by atoms with Crippen LogP contribution in [0.1, 0.15) is 37.3 Å². The SMILES string of the molecule is CC(C)=CC[C@@H](c1ccc(Cl)cc1)[C@@H](O)Cc1ccccc1. The van der Waals surface area contributed by atoms with Gasteiger partial charge in [-0.05, 0) is 49.9 Å². The van der Waals surface area contributed by atoms with E-state index in [-0.39, 0.29) is 5.92 Å². The largest absolute Gasteiger partial charge is 0.392 e. The molecule has 0 saturated heterocycles. The Labute approximate surface area is 138 Å². The molecule has 0 fully saturated rings. The molecule has 0 unspecified atom stereocenters. The minimum atomic E-state index is -0.417. The number of hydrogen-bond donors (Lipinski definition) is 1. The summed E-state index contributed by atoms with van der Waals surface area (Å²) < 4.78 is 0. The highest BCUT2D eigenvalue weighted by molar-refractivity contribution is 6.30. The third-order valence-corrected chi connectivity index (χ3v) is 4.08. The van der Waals surface area contributed by atoms with Gasteiger partial charge in [0.05, 0.1) is 6.10 Å². The highest BCUT2D eigenvalue weighted by Crippen LogP contribution is 2.28. The van der Waals surface area contributed by atoms with Crippen molar-refractivity contribution in [2.75, 3.05) is 0 Å². The second-order valence-corrected chi connectivity index (χ2v) is 6.37. The smallest absolute Gasteiger partial charge is 0.0651 e. The van der Waals surface area contributed by atoms with Crippen LogP contribution in [0.5, 0.6) is 0 Å². The first kappa shape index (κ1) is 16.8. The summed E-state index contributed by atoms with van der Waals surface area (Å²) >= 11 is 5.98. The summed E-state index contributed by atoms with van der Waals surface area (Å²) in [5.41, 5.74) is 3.56. The molecule has 22 heavy (non-hydrogen) atoms. The van der Waals surface area contributed by atoms with Gasteiger partial charge in [-0.15, -0.1) is 0 Å². The molecule has 0 aromatic heterocycles. The van der Waals surface area contributed by atoms with Gasteiger partial charge in [0, 0.05) is 10.9 Å². The molecule has 0 aliphatic carbocycles. The first-order valence-electron chi connectivity index (χ1n) is 7.67. The summed E-state index contributed by atoms with van der Waals surface area (Å²) in [4.78, 5) is 0. The molecule has 2 heteroatoms. The van der Waals surface area contributed by atoms with E-state index in [9.17, 15) is 5.11 Å². The molecule has 0 amide bonds. The highest BCUT2D eigenvalue weighted by Gasteiger charge is 2.20. The molecule has 0 aliphatic heterocycles. The molecule has 0 spiro atoms. The molecule has 0 bridgehead atoms. The fraction of sp³-hybridized carbons (Fsp3) is 0.300. The maximum absolute atomic E-state index is 10.7. The molecule has 1 nitrogen and oxygen atoms in total. The number of rotatable bonds is 6. The Bertz CT molecular complexity index is 597. The zero-order chi connectivity index (χ0) is 15.9. The van der Waals surface area contributed by atoms with Gasteiger partial charge < -0.3 is 5.11 Å². The summed E-state index contributed by atoms with van der Waals surface area (Å²) in [7, 11) is 0. The van der Waals surface area contributed by atoms with Gasteiger partial charge in [0.15, 0.2) is 0 Å². The van der Waals surface area contributed by atoms with E-state index in [0.29, 0.717) is 6.42 Å². The van der Waals surface area contributed by atoms with Gasteiger partial charge >= 0.3 is 0 Å². The lowest BCUT2D eigenvalue weighted by Gasteiger charge is -2.23. The van der Waals surface area contributed by atoms with E-state index >= 15 is 0 Å². The number of aliphatic hydroxyl groups is 1. The Morgan fingerprint density at radius 2 is 1.68 bits per heavy atom. The molecule has 0 aliphatic rings. The summed E-state index contributed by atoms with van der Waals surface area (Å²) in [6, 6.07) is 17.9. The Morgan fingerprint density at radius 1 is 1.05 bits per heavy atom. The van der Waals surface area contributed by atoms with E-state index in [4.69, 9.17) is 11.6 Å². The third-order valence-electron chi connectivity index (χ3n) is 3.83.